The van der Waals surface area contributed by atoms with Crippen molar-refractivity contribution in [2.45, 2.75) is 31.6 Å². The normalized spacial score (nSPS) is 17.4. The van der Waals surface area contributed by atoms with Crippen LogP contribution in [-0.4, -0.2) is 44.0 Å². The number of rotatable bonds is 5. The maximum Gasteiger partial charge on any atom is 0.261 e. The molecule has 0 bridgehead atoms. The van der Waals surface area contributed by atoms with Crippen LogP contribution in [0.4, 0.5) is 5.69 Å². The molecular formula is C21H26N2O4S. The van der Waals surface area contributed by atoms with E-state index in [9.17, 15) is 18.3 Å². The minimum Gasteiger partial charge on any atom is -0.396 e. The Balaban J connectivity index is 1.86. The summed E-state index contributed by atoms with van der Waals surface area (Å²) in [5, 5.41) is 9.40. The molecule has 3 rings (SSSR count). The molecule has 2 aromatic rings. The van der Waals surface area contributed by atoms with Crippen LogP contribution in [0.5, 0.6) is 0 Å². The van der Waals surface area contributed by atoms with Crippen LogP contribution >= 0.6 is 0 Å². The van der Waals surface area contributed by atoms with Crippen LogP contribution in [0.2, 0.25) is 0 Å². The van der Waals surface area contributed by atoms with E-state index < -0.39 is 10.0 Å². The fourth-order valence-electron chi connectivity index (χ4n) is 3.40. The standard InChI is InChI=1S/C21H26N2O4S/c1-15-5-8-18(9-6-15)22-28(26,27)19-10-7-16(2)20(12-19)21(25)23-11-3-4-17(13-23)14-24/h5-10,12,17,22,24H,3-4,11,13-14H2,1-2H3. The zero-order valence-electron chi connectivity index (χ0n) is 16.2. The highest BCUT2D eigenvalue weighted by Crippen LogP contribution is 2.23. The highest BCUT2D eigenvalue weighted by molar-refractivity contribution is 7.92. The number of likely N-dealkylation sites (tertiary alicyclic amines) is 1. The Labute approximate surface area is 166 Å². The van der Waals surface area contributed by atoms with E-state index in [-0.39, 0.29) is 23.3 Å². The molecule has 0 aromatic heterocycles. The summed E-state index contributed by atoms with van der Waals surface area (Å²) in [6, 6.07) is 11.7. The number of nitrogens with zero attached hydrogens (tertiary/aromatic N) is 1. The Morgan fingerprint density at radius 3 is 2.57 bits per heavy atom. The molecule has 2 N–H and O–H groups in total. The van der Waals surface area contributed by atoms with Crippen molar-refractivity contribution < 1.29 is 18.3 Å². The van der Waals surface area contributed by atoms with Crippen molar-refractivity contribution in [3.63, 3.8) is 0 Å². The Morgan fingerprint density at radius 2 is 1.89 bits per heavy atom. The van der Waals surface area contributed by atoms with Crippen LogP contribution in [0, 0.1) is 19.8 Å². The lowest BCUT2D eigenvalue weighted by molar-refractivity contribution is 0.0620. The fourth-order valence-corrected chi connectivity index (χ4v) is 4.49. The number of aliphatic hydroxyl groups is 1. The fraction of sp³-hybridized carbons (Fsp3) is 0.381. The smallest absolute Gasteiger partial charge is 0.261 e. The maximum atomic E-state index is 13.0. The zero-order chi connectivity index (χ0) is 20.3. The van der Waals surface area contributed by atoms with E-state index in [2.05, 4.69) is 4.72 Å². The lowest BCUT2D eigenvalue weighted by atomic mass is 9.97. The predicted octanol–water partition coefficient (Wildman–Crippen LogP) is 2.95. The van der Waals surface area contributed by atoms with Crippen LogP contribution < -0.4 is 4.72 Å². The summed E-state index contributed by atoms with van der Waals surface area (Å²) >= 11 is 0. The topological polar surface area (TPSA) is 86.7 Å². The number of hydrogen-bond donors (Lipinski definition) is 2. The SMILES string of the molecule is Cc1ccc(NS(=O)(=O)c2ccc(C)c(C(=O)N3CCCC(CO)C3)c2)cc1. The zero-order valence-corrected chi connectivity index (χ0v) is 17.0. The van der Waals surface area contributed by atoms with Crippen LogP contribution in [-0.2, 0) is 10.0 Å². The number of hydrogen-bond acceptors (Lipinski definition) is 4. The number of carbonyl (C=O) groups is 1. The van der Waals surface area contributed by atoms with E-state index in [1.54, 1.807) is 30.0 Å². The predicted molar refractivity (Wildman–Crippen MR) is 109 cm³/mol. The summed E-state index contributed by atoms with van der Waals surface area (Å²) < 4.78 is 28.1. The first-order chi connectivity index (χ1) is 13.3. The van der Waals surface area contributed by atoms with E-state index in [4.69, 9.17) is 0 Å². The molecule has 1 heterocycles. The van der Waals surface area contributed by atoms with Crippen molar-refractivity contribution in [2.24, 2.45) is 5.92 Å². The molecule has 1 aliphatic heterocycles. The minimum atomic E-state index is -3.81. The van der Waals surface area contributed by atoms with Crippen molar-refractivity contribution in [1.29, 1.82) is 0 Å². The first-order valence-corrected chi connectivity index (χ1v) is 10.9. The third-order valence-corrected chi connectivity index (χ3v) is 6.50. The average Bonchev–Trinajstić information content (AvgIpc) is 2.69. The molecule has 2 aromatic carbocycles. The lowest BCUT2D eigenvalue weighted by Crippen LogP contribution is -2.41. The first kappa shape index (κ1) is 20.4. The number of anilines is 1. The maximum absolute atomic E-state index is 13.0. The van der Waals surface area contributed by atoms with Crippen molar-refractivity contribution in [3.8, 4) is 0 Å². The third-order valence-electron chi connectivity index (χ3n) is 5.12. The highest BCUT2D eigenvalue weighted by Gasteiger charge is 2.26. The van der Waals surface area contributed by atoms with Gasteiger partial charge in [-0.05, 0) is 62.4 Å². The van der Waals surface area contributed by atoms with Gasteiger partial charge in [-0.1, -0.05) is 23.8 Å². The van der Waals surface area contributed by atoms with E-state index in [0.29, 0.717) is 24.3 Å². The van der Waals surface area contributed by atoms with E-state index >= 15 is 0 Å². The van der Waals surface area contributed by atoms with Crippen LogP contribution in [0.1, 0.15) is 34.3 Å². The highest BCUT2D eigenvalue weighted by atomic mass is 32.2. The number of aliphatic hydroxyl groups excluding tert-OH is 1. The number of aryl methyl sites for hydroxylation is 2. The second-order valence-corrected chi connectivity index (χ2v) is 9.07. The molecule has 6 nitrogen and oxygen atoms in total. The summed E-state index contributed by atoms with van der Waals surface area (Å²) in [4.78, 5) is 14.7. The van der Waals surface area contributed by atoms with Gasteiger partial charge in [-0.3, -0.25) is 9.52 Å². The number of nitrogens with one attached hydrogen (secondary N) is 1. The molecule has 1 saturated heterocycles. The van der Waals surface area contributed by atoms with Crippen molar-refractivity contribution in [2.75, 3.05) is 24.4 Å². The first-order valence-electron chi connectivity index (χ1n) is 9.40. The minimum absolute atomic E-state index is 0.0532. The van der Waals surface area contributed by atoms with Gasteiger partial charge in [0.2, 0.25) is 0 Å². The summed E-state index contributed by atoms with van der Waals surface area (Å²) in [5.74, 6) is -0.115. The van der Waals surface area contributed by atoms with E-state index in [1.165, 1.54) is 12.1 Å². The molecule has 28 heavy (non-hydrogen) atoms. The quantitative estimate of drug-likeness (QED) is 0.805. The summed E-state index contributed by atoms with van der Waals surface area (Å²) in [5.41, 5.74) is 2.62. The van der Waals surface area contributed by atoms with Crippen LogP contribution in [0.15, 0.2) is 47.4 Å². The Bertz CT molecular complexity index is 955. The second-order valence-electron chi connectivity index (χ2n) is 7.39. The van der Waals surface area contributed by atoms with Gasteiger partial charge in [0.05, 0.1) is 4.90 Å². The Kier molecular flexibility index (Phi) is 6.05. The number of piperidine rings is 1. The molecule has 0 aliphatic carbocycles. The second kappa shape index (κ2) is 8.32. The molecule has 1 atom stereocenters. The van der Waals surface area contributed by atoms with Gasteiger partial charge in [-0.15, -0.1) is 0 Å². The molecular weight excluding hydrogens is 376 g/mol. The van der Waals surface area contributed by atoms with Crippen molar-refractivity contribution in [1.82, 2.24) is 4.90 Å². The summed E-state index contributed by atoms with van der Waals surface area (Å²) in [6.45, 7) is 4.89. The Hall–Kier alpha value is -2.38. The number of amides is 1. The largest absolute Gasteiger partial charge is 0.396 e. The monoisotopic (exact) mass is 402 g/mol. The number of benzene rings is 2. The molecule has 150 valence electrons. The van der Waals surface area contributed by atoms with Crippen LogP contribution in [0.25, 0.3) is 0 Å². The van der Waals surface area contributed by atoms with Gasteiger partial charge in [0.1, 0.15) is 0 Å². The van der Waals surface area contributed by atoms with E-state index in [0.717, 1.165) is 24.0 Å². The molecule has 1 unspecified atom stereocenters. The van der Waals surface area contributed by atoms with E-state index in [1.807, 2.05) is 19.1 Å². The Morgan fingerprint density at radius 1 is 1.18 bits per heavy atom. The molecule has 1 amide bonds. The van der Waals surface area contributed by atoms with Crippen molar-refractivity contribution >= 4 is 21.6 Å². The van der Waals surface area contributed by atoms with Gasteiger partial charge in [0.15, 0.2) is 0 Å². The number of sulfonamides is 1. The average molecular weight is 403 g/mol. The third kappa shape index (κ3) is 4.54. The molecule has 1 fully saturated rings. The van der Waals surface area contributed by atoms with Gasteiger partial charge < -0.3 is 10.0 Å². The van der Waals surface area contributed by atoms with Gasteiger partial charge in [-0.2, -0.15) is 0 Å². The molecule has 0 radical (unpaired) electrons. The molecule has 1 aliphatic rings. The summed E-state index contributed by atoms with van der Waals surface area (Å²) in [7, 11) is -3.81. The van der Waals surface area contributed by atoms with Gasteiger partial charge in [0, 0.05) is 30.9 Å². The van der Waals surface area contributed by atoms with Crippen LogP contribution in [0.3, 0.4) is 0 Å². The van der Waals surface area contributed by atoms with Gasteiger partial charge in [0.25, 0.3) is 15.9 Å². The molecule has 0 saturated carbocycles. The lowest BCUT2D eigenvalue weighted by Gasteiger charge is -2.32. The molecule has 0 spiro atoms. The van der Waals surface area contributed by atoms with Gasteiger partial charge in [-0.25, -0.2) is 8.42 Å². The number of carbonyl (C=O) groups excluding carboxylic acids is 1. The summed E-state index contributed by atoms with van der Waals surface area (Å²) in [6.07, 6.45) is 1.73. The van der Waals surface area contributed by atoms with Gasteiger partial charge >= 0.3 is 0 Å². The molecule has 7 heteroatoms. The van der Waals surface area contributed by atoms with Crippen molar-refractivity contribution in [3.05, 3.63) is 59.2 Å².